The Bertz CT molecular complexity index is 322. The third-order valence-electron chi connectivity index (χ3n) is 2.98. The van der Waals surface area contributed by atoms with Gasteiger partial charge in [0.1, 0.15) is 6.54 Å². The summed E-state index contributed by atoms with van der Waals surface area (Å²) in [4.78, 5) is 26.5. The van der Waals surface area contributed by atoms with E-state index in [0.29, 0.717) is 19.5 Å². The van der Waals surface area contributed by atoms with Crippen molar-refractivity contribution in [1.29, 1.82) is 0 Å². The standard InChI is InChI=1S/C15H30N2O3/c1-12(10-15(2,3)4)9-13(18)17(11-14(19)20)8-7-16(5)6/h12H,7-11H2,1-6H3,(H,19,20). The summed E-state index contributed by atoms with van der Waals surface area (Å²) in [6.45, 7) is 9.41. The smallest absolute Gasteiger partial charge is 0.323 e. The summed E-state index contributed by atoms with van der Waals surface area (Å²) in [6, 6.07) is 0. The van der Waals surface area contributed by atoms with Crippen LogP contribution in [0.4, 0.5) is 0 Å². The van der Waals surface area contributed by atoms with Crippen molar-refractivity contribution in [2.45, 2.75) is 40.5 Å². The summed E-state index contributed by atoms with van der Waals surface area (Å²) in [5.41, 5.74) is 0.182. The van der Waals surface area contributed by atoms with Gasteiger partial charge in [-0.1, -0.05) is 27.7 Å². The number of rotatable bonds is 8. The first-order chi connectivity index (χ1) is 9.01. The first-order valence-electron chi connectivity index (χ1n) is 7.15. The minimum absolute atomic E-state index is 0.0639. The first kappa shape index (κ1) is 18.9. The van der Waals surface area contributed by atoms with E-state index in [-0.39, 0.29) is 23.8 Å². The van der Waals surface area contributed by atoms with Crippen LogP contribution in [0.5, 0.6) is 0 Å². The van der Waals surface area contributed by atoms with Crippen molar-refractivity contribution in [3.63, 3.8) is 0 Å². The Kier molecular flexibility index (Phi) is 7.79. The zero-order valence-corrected chi connectivity index (χ0v) is 13.8. The molecule has 1 unspecified atom stereocenters. The fourth-order valence-corrected chi connectivity index (χ4v) is 2.32. The lowest BCUT2D eigenvalue weighted by molar-refractivity contribution is -0.145. The van der Waals surface area contributed by atoms with E-state index in [2.05, 4.69) is 20.8 Å². The van der Waals surface area contributed by atoms with Gasteiger partial charge in [-0.2, -0.15) is 0 Å². The molecular formula is C15H30N2O3. The van der Waals surface area contributed by atoms with Crippen molar-refractivity contribution in [1.82, 2.24) is 9.80 Å². The molecule has 0 aliphatic rings. The summed E-state index contributed by atoms with van der Waals surface area (Å²) < 4.78 is 0. The number of nitrogens with zero attached hydrogens (tertiary/aromatic N) is 2. The number of carbonyl (C=O) groups is 2. The second-order valence-corrected chi connectivity index (χ2v) is 7.09. The Labute approximate surface area is 122 Å². The van der Waals surface area contributed by atoms with E-state index in [0.717, 1.165) is 6.42 Å². The van der Waals surface area contributed by atoms with Gasteiger partial charge in [-0.05, 0) is 31.8 Å². The van der Waals surface area contributed by atoms with Gasteiger partial charge in [-0.25, -0.2) is 0 Å². The number of likely N-dealkylation sites (N-methyl/N-ethyl adjacent to an activating group) is 1. The average Bonchev–Trinajstić information content (AvgIpc) is 2.20. The van der Waals surface area contributed by atoms with Crippen LogP contribution in [0.2, 0.25) is 0 Å². The van der Waals surface area contributed by atoms with Gasteiger partial charge in [-0.15, -0.1) is 0 Å². The van der Waals surface area contributed by atoms with Gasteiger partial charge >= 0.3 is 5.97 Å². The molecule has 20 heavy (non-hydrogen) atoms. The minimum atomic E-state index is -0.958. The Morgan fingerprint density at radius 1 is 1.15 bits per heavy atom. The highest BCUT2D eigenvalue weighted by atomic mass is 16.4. The van der Waals surface area contributed by atoms with Crippen LogP contribution in [0.15, 0.2) is 0 Å². The van der Waals surface area contributed by atoms with Crippen molar-refractivity contribution in [2.75, 3.05) is 33.7 Å². The molecule has 0 aromatic rings. The summed E-state index contributed by atoms with van der Waals surface area (Å²) in [7, 11) is 3.82. The zero-order valence-electron chi connectivity index (χ0n) is 13.8. The summed E-state index contributed by atoms with van der Waals surface area (Å²) in [5, 5.41) is 8.91. The SMILES string of the molecule is CC(CC(=O)N(CCN(C)C)CC(=O)O)CC(C)(C)C. The van der Waals surface area contributed by atoms with Crippen LogP contribution in [0.1, 0.15) is 40.5 Å². The van der Waals surface area contributed by atoms with Crippen molar-refractivity contribution in [3.05, 3.63) is 0 Å². The largest absolute Gasteiger partial charge is 0.480 e. The molecule has 0 radical (unpaired) electrons. The van der Waals surface area contributed by atoms with Gasteiger partial charge in [-0.3, -0.25) is 9.59 Å². The van der Waals surface area contributed by atoms with Gasteiger partial charge < -0.3 is 14.9 Å². The summed E-state index contributed by atoms with van der Waals surface area (Å²) >= 11 is 0. The predicted molar refractivity (Wildman–Crippen MR) is 80.6 cm³/mol. The predicted octanol–water partition coefficient (Wildman–Crippen LogP) is 1.92. The lowest BCUT2D eigenvalue weighted by Gasteiger charge is -2.27. The third-order valence-corrected chi connectivity index (χ3v) is 2.98. The molecule has 5 heteroatoms. The molecule has 0 aromatic carbocycles. The summed E-state index contributed by atoms with van der Waals surface area (Å²) in [5.74, 6) is -0.760. The maximum Gasteiger partial charge on any atom is 0.323 e. The lowest BCUT2D eigenvalue weighted by Crippen LogP contribution is -2.40. The van der Waals surface area contributed by atoms with E-state index in [9.17, 15) is 9.59 Å². The molecule has 118 valence electrons. The Morgan fingerprint density at radius 2 is 1.70 bits per heavy atom. The second kappa shape index (κ2) is 8.25. The molecule has 1 N–H and O–H groups in total. The first-order valence-corrected chi connectivity index (χ1v) is 7.15. The molecule has 0 aromatic heterocycles. The average molecular weight is 286 g/mol. The number of amides is 1. The number of hydrogen-bond donors (Lipinski definition) is 1. The monoisotopic (exact) mass is 286 g/mol. The highest BCUT2D eigenvalue weighted by molar-refractivity contribution is 5.81. The highest BCUT2D eigenvalue weighted by Crippen LogP contribution is 2.26. The van der Waals surface area contributed by atoms with E-state index in [4.69, 9.17) is 5.11 Å². The highest BCUT2D eigenvalue weighted by Gasteiger charge is 2.22. The molecule has 0 spiro atoms. The maximum absolute atomic E-state index is 12.2. The molecular weight excluding hydrogens is 256 g/mol. The van der Waals surface area contributed by atoms with Gasteiger partial charge in [0.25, 0.3) is 0 Å². The van der Waals surface area contributed by atoms with E-state index in [1.807, 2.05) is 25.9 Å². The van der Waals surface area contributed by atoms with Crippen molar-refractivity contribution < 1.29 is 14.7 Å². The molecule has 0 aliphatic heterocycles. The second-order valence-electron chi connectivity index (χ2n) is 7.09. The topological polar surface area (TPSA) is 60.9 Å². The minimum Gasteiger partial charge on any atom is -0.480 e. The van der Waals surface area contributed by atoms with Gasteiger partial charge in [0.2, 0.25) is 5.91 Å². The fraction of sp³-hybridized carbons (Fsp3) is 0.867. The van der Waals surface area contributed by atoms with Crippen molar-refractivity contribution in [2.24, 2.45) is 11.3 Å². The Hall–Kier alpha value is -1.10. The quantitative estimate of drug-likeness (QED) is 0.740. The molecule has 0 bridgehead atoms. The van der Waals surface area contributed by atoms with Crippen LogP contribution in [0.25, 0.3) is 0 Å². The molecule has 0 rings (SSSR count). The number of hydrogen-bond acceptors (Lipinski definition) is 3. The Morgan fingerprint density at radius 3 is 2.10 bits per heavy atom. The van der Waals surface area contributed by atoms with Gasteiger partial charge in [0, 0.05) is 19.5 Å². The van der Waals surface area contributed by atoms with Gasteiger partial charge in [0.15, 0.2) is 0 Å². The number of aliphatic carboxylic acids is 1. The van der Waals surface area contributed by atoms with Crippen LogP contribution >= 0.6 is 0 Å². The van der Waals surface area contributed by atoms with Crippen LogP contribution in [-0.4, -0.2) is 60.5 Å². The number of carboxylic acid groups (broad SMARTS) is 1. The van der Waals surface area contributed by atoms with Crippen molar-refractivity contribution >= 4 is 11.9 Å². The van der Waals surface area contributed by atoms with Crippen LogP contribution in [0, 0.1) is 11.3 Å². The lowest BCUT2D eigenvalue weighted by atomic mass is 9.84. The van der Waals surface area contributed by atoms with E-state index in [1.54, 1.807) is 0 Å². The van der Waals surface area contributed by atoms with Gasteiger partial charge in [0.05, 0.1) is 0 Å². The van der Waals surface area contributed by atoms with Crippen LogP contribution < -0.4 is 0 Å². The van der Waals surface area contributed by atoms with Crippen molar-refractivity contribution in [3.8, 4) is 0 Å². The molecule has 0 heterocycles. The molecule has 1 amide bonds. The number of carboxylic acids is 1. The molecule has 0 aliphatic carbocycles. The van der Waals surface area contributed by atoms with Crippen LogP contribution in [0.3, 0.4) is 0 Å². The molecule has 1 atom stereocenters. The van der Waals surface area contributed by atoms with E-state index in [1.165, 1.54) is 4.90 Å². The normalized spacial score (nSPS) is 13.3. The summed E-state index contributed by atoms with van der Waals surface area (Å²) in [6.07, 6.45) is 1.37. The fourth-order valence-electron chi connectivity index (χ4n) is 2.32. The maximum atomic E-state index is 12.2. The molecule has 0 saturated carbocycles. The number of carbonyl (C=O) groups excluding carboxylic acids is 1. The Balaban J connectivity index is 4.49. The zero-order chi connectivity index (χ0) is 15.9. The van der Waals surface area contributed by atoms with E-state index < -0.39 is 5.97 Å². The van der Waals surface area contributed by atoms with Crippen LogP contribution in [-0.2, 0) is 9.59 Å². The molecule has 0 saturated heterocycles. The molecule has 0 fully saturated rings. The van der Waals surface area contributed by atoms with E-state index >= 15 is 0 Å². The molecule has 5 nitrogen and oxygen atoms in total. The third kappa shape index (κ3) is 9.78.